The lowest BCUT2D eigenvalue weighted by atomic mass is 9.84. The van der Waals surface area contributed by atoms with Crippen molar-refractivity contribution in [2.45, 2.75) is 52.0 Å². The van der Waals surface area contributed by atoms with Crippen LogP contribution in [0.15, 0.2) is 0 Å². The van der Waals surface area contributed by atoms with Gasteiger partial charge in [-0.3, -0.25) is 0 Å². The Labute approximate surface area is 129 Å². The molecule has 0 amide bonds. The number of piperidine rings is 2. The van der Waals surface area contributed by atoms with E-state index in [4.69, 9.17) is 20.9 Å². The summed E-state index contributed by atoms with van der Waals surface area (Å²) in [6.07, 6.45) is 6.84. The van der Waals surface area contributed by atoms with E-state index in [-0.39, 0.29) is 0 Å². The van der Waals surface area contributed by atoms with Crippen molar-refractivity contribution in [3.63, 3.8) is 0 Å². The molecule has 5 heteroatoms. The average Bonchev–Trinajstić information content (AvgIpc) is 2.43. The Morgan fingerprint density at radius 2 is 1.90 bits per heavy atom. The lowest BCUT2D eigenvalue weighted by molar-refractivity contribution is -0.940. The molecule has 1 unspecified atom stereocenters. The molecule has 0 aromatic rings. The van der Waals surface area contributed by atoms with Crippen LogP contribution in [0.1, 0.15) is 46.0 Å². The molecular weight excluding hydrogens is 289 g/mol. The molecule has 1 N–H and O–H groups in total. The fraction of sp³-hybridized carbons (Fsp3) is 1.00. The van der Waals surface area contributed by atoms with Crippen LogP contribution in [0.2, 0.25) is 0 Å². The van der Waals surface area contributed by atoms with Crippen LogP contribution in [0.25, 0.3) is 0 Å². The summed E-state index contributed by atoms with van der Waals surface area (Å²) < 4.78 is 11.9. The van der Waals surface area contributed by atoms with Gasteiger partial charge in [0, 0.05) is 12.6 Å². The van der Waals surface area contributed by atoms with Gasteiger partial charge in [0.25, 0.3) is 0 Å². The van der Waals surface area contributed by atoms with Crippen molar-refractivity contribution >= 4 is 18.3 Å². The summed E-state index contributed by atoms with van der Waals surface area (Å²) in [6, 6.07) is 0.817. The summed E-state index contributed by atoms with van der Waals surface area (Å²) in [5, 5.41) is 0. The van der Waals surface area contributed by atoms with Gasteiger partial charge in [0.1, 0.15) is 0 Å². The van der Waals surface area contributed by atoms with E-state index in [1.54, 1.807) is 0 Å². The summed E-state index contributed by atoms with van der Waals surface area (Å²) >= 11 is 5.54. The second-order valence-corrected chi connectivity index (χ2v) is 11.0. The van der Waals surface area contributed by atoms with Gasteiger partial charge in [0.05, 0.1) is 32.3 Å². The van der Waals surface area contributed by atoms with Gasteiger partial charge in [0.15, 0.2) is 6.49 Å². The van der Waals surface area contributed by atoms with Crippen LogP contribution in [0.3, 0.4) is 0 Å². The summed E-state index contributed by atoms with van der Waals surface area (Å²) in [6.45, 7) is 8.53. The van der Waals surface area contributed by atoms with E-state index in [9.17, 15) is 0 Å². The van der Waals surface area contributed by atoms with Gasteiger partial charge < -0.3 is 13.9 Å². The molecule has 0 aromatic carbocycles. The highest BCUT2D eigenvalue weighted by molar-refractivity contribution is 8.09. The zero-order chi connectivity index (χ0) is 14.6. The van der Waals surface area contributed by atoms with E-state index in [0.717, 1.165) is 19.3 Å². The molecule has 2 rings (SSSR count). The molecule has 2 heterocycles. The van der Waals surface area contributed by atoms with Crippen molar-refractivity contribution < 1.29 is 13.9 Å². The second-order valence-electron chi connectivity index (χ2n) is 6.92. The topological polar surface area (TPSA) is 22.9 Å². The van der Waals surface area contributed by atoms with Crippen LogP contribution in [0, 0.1) is 11.8 Å². The summed E-state index contributed by atoms with van der Waals surface area (Å²) in [4.78, 5) is 1.82. The third kappa shape index (κ3) is 5.06. The van der Waals surface area contributed by atoms with Gasteiger partial charge >= 0.3 is 0 Å². The number of nitrogens with one attached hydrogen (secondary N) is 1. The Kier molecular flexibility index (Phi) is 6.50. The molecule has 118 valence electrons. The maximum absolute atomic E-state index is 6.06. The van der Waals surface area contributed by atoms with Gasteiger partial charge in [-0.25, -0.2) is 0 Å². The molecule has 2 saturated heterocycles. The average molecular weight is 320 g/mol. The maximum atomic E-state index is 6.06. The van der Waals surface area contributed by atoms with Crippen molar-refractivity contribution in [2.75, 3.05) is 33.0 Å². The number of quaternary nitrogens is 1. The van der Waals surface area contributed by atoms with Gasteiger partial charge in [-0.15, -0.1) is 0 Å². The van der Waals surface area contributed by atoms with E-state index in [0.29, 0.717) is 11.8 Å². The minimum Gasteiger partial charge on any atom is -0.332 e. The zero-order valence-electron chi connectivity index (χ0n) is 13.3. The molecule has 3 nitrogen and oxygen atoms in total. The van der Waals surface area contributed by atoms with Crippen molar-refractivity contribution in [3.8, 4) is 0 Å². The SMILES string of the molecule is CC(C)CO[P@](C)(=S)OC[C@@H]1CCC[NH+]2CCCC[C@H]12. The van der Waals surface area contributed by atoms with Crippen LogP contribution >= 0.6 is 6.49 Å². The first-order valence-electron chi connectivity index (χ1n) is 8.19. The quantitative estimate of drug-likeness (QED) is 0.760. The number of rotatable bonds is 6. The molecule has 0 saturated carbocycles. The Morgan fingerprint density at radius 1 is 1.15 bits per heavy atom. The van der Waals surface area contributed by atoms with Gasteiger partial charge in [-0.05, 0) is 49.8 Å². The highest BCUT2D eigenvalue weighted by Gasteiger charge is 2.37. The largest absolute Gasteiger partial charge is 0.332 e. The van der Waals surface area contributed by atoms with Crippen molar-refractivity contribution in [2.24, 2.45) is 11.8 Å². The van der Waals surface area contributed by atoms with Crippen molar-refractivity contribution in [1.82, 2.24) is 0 Å². The molecular formula is C15H31NO2PS+. The molecule has 0 spiro atoms. The van der Waals surface area contributed by atoms with Crippen LogP contribution in [-0.2, 0) is 20.9 Å². The fourth-order valence-corrected chi connectivity index (χ4v) is 5.00. The zero-order valence-corrected chi connectivity index (χ0v) is 15.0. The summed E-state index contributed by atoms with van der Waals surface area (Å²) in [5.74, 6) is 1.22. The summed E-state index contributed by atoms with van der Waals surface area (Å²) in [7, 11) is 0. The highest BCUT2D eigenvalue weighted by Crippen LogP contribution is 2.45. The van der Waals surface area contributed by atoms with E-state index in [1.165, 1.54) is 45.2 Å². The summed E-state index contributed by atoms with van der Waals surface area (Å²) in [5.41, 5.74) is 0. The standard InChI is InChI=1S/C15H30NO2PS/c1-13(2)11-17-19(3,20)18-12-14-7-6-10-16-9-5-4-8-15(14)16/h13-15H,4-12H2,1-3H3/p+1/t14-,15+,19-/m0/s1. The molecule has 0 radical (unpaired) electrons. The predicted molar refractivity (Wildman–Crippen MR) is 88.0 cm³/mol. The van der Waals surface area contributed by atoms with Crippen molar-refractivity contribution in [3.05, 3.63) is 0 Å². The first-order valence-corrected chi connectivity index (χ1v) is 11.3. The molecule has 20 heavy (non-hydrogen) atoms. The van der Waals surface area contributed by atoms with Crippen molar-refractivity contribution in [1.29, 1.82) is 0 Å². The Balaban J connectivity index is 1.81. The molecule has 4 atom stereocenters. The smallest absolute Gasteiger partial charge is 0.185 e. The third-order valence-electron chi connectivity index (χ3n) is 4.59. The minimum atomic E-state index is -2.04. The first-order chi connectivity index (χ1) is 9.48. The van der Waals surface area contributed by atoms with E-state index in [2.05, 4.69) is 13.8 Å². The minimum absolute atomic E-state index is 0.522. The number of hydrogen-bond donors (Lipinski definition) is 1. The third-order valence-corrected chi connectivity index (χ3v) is 6.46. The van der Waals surface area contributed by atoms with E-state index >= 15 is 0 Å². The number of hydrogen-bond acceptors (Lipinski definition) is 3. The molecule has 0 aliphatic carbocycles. The van der Waals surface area contributed by atoms with Crippen LogP contribution in [0.4, 0.5) is 0 Å². The monoisotopic (exact) mass is 320 g/mol. The van der Waals surface area contributed by atoms with Crippen LogP contribution in [0.5, 0.6) is 0 Å². The second kappa shape index (κ2) is 7.69. The first kappa shape index (κ1) is 16.9. The normalized spacial score (nSPS) is 33.7. The van der Waals surface area contributed by atoms with Crippen LogP contribution in [-0.4, -0.2) is 39.0 Å². The maximum Gasteiger partial charge on any atom is 0.185 e. The van der Waals surface area contributed by atoms with Gasteiger partial charge in [0.2, 0.25) is 0 Å². The van der Waals surface area contributed by atoms with E-state index in [1.807, 2.05) is 11.6 Å². The Bertz CT molecular complexity index is 349. The predicted octanol–water partition coefficient (Wildman–Crippen LogP) is 2.46. The van der Waals surface area contributed by atoms with Gasteiger partial charge in [-0.2, -0.15) is 0 Å². The van der Waals surface area contributed by atoms with Crippen LogP contribution < -0.4 is 4.90 Å². The Hall–Kier alpha value is 0.530. The van der Waals surface area contributed by atoms with Gasteiger partial charge in [-0.1, -0.05) is 13.8 Å². The lowest BCUT2D eigenvalue weighted by Crippen LogP contribution is -3.18. The fourth-order valence-electron chi connectivity index (χ4n) is 3.53. The number of fused-ring (bicyclic) bond motifs is 1. The lowest BCUT2D eigenvalue weighted by Gasteiger charge is -2.41. The van der Waals surface area contributed by atoms with E-state index < -0.39 is 6.49 Å². The Morgan fingerprint density at radius 3 is 2.65 bits per heavy atom. The highest BCUT2D eigenvalue weighted by atomic mass is 32.5. The molecule has 2 fully saturated rings. The molecule has 0 aromatic heterocycles. The molecule has 0 bridgehead atoms. The molecule has 2 aliphatic rings. The molecule has 2 aliphatic heterocycles.